The molecule has 1 atom stereocenters. The van der Waals surface area contributed by atoms with Crippen molar-refractivity contribution in [1.29, 1.82) is 0 Å². The van der Waals surface area contributed by atoms with Crippen molar-refractivity contribution < 1.29 is 13.9 Å². The van der Waals surface area contributed by atoms with Gasteiger partial charge in [0.2, 0.25) is 0 Å². The molecule has 0 aliphatic carbocycles. The number of piperazine rings is 1. The van der Waals surface area contributed by atoms with Crippen LogP contribution in [-0.2, 0) is 11.3 Å². The summed E-state index contributed by atoms with van der Waals surface area (Å²) in [5.41, 5.74) is 0. The van der Waals surface area contributed by atoms with Gasteiger partial charge in [0.05, 0.1) is 23.8 Å². The van der Waals surface area contributed by atoms with Crippen molar-refractivity contribution in [2.75, 3.05) is 39.9 Å². The lowest BCUT2D eigenvalue weighted by Gasteiger charge is -2.40. The summed E-state index contributed by atoms with van der Waals surface area (Å²) < 4.78 is 13.6. The molecule has 3 rings (SSSR count). The van der Waals surface area contributed by atoms with Crippen molar-refractivity contribution in [2.45, 2.75) is 25.9 Å². The van der Waals surface area contributed by atoms with E-state index in [0.29, 0.717) is 24.9 Å². The Kier molecular flexibility index (Phi) is 6.50. The van der Waals surface area contributed by atoms with Gasteiger partial charge in [0.1, 0.15) is 5.76 Å². The van der Waals surface area contributed by atoms with Crippen molar-refractivity contribution in [3.05, 3.63) is 40.5 Å². The third-order valence-corrected chi connectivity index (χ3v) is 5.15. The van der Waals surface area contributed by atoms with Gasteiger partial charge in [-0.2, -0.15) is 5.10 Å². The second kappa shape index (κ2) is 8.83. The molecule has 7 nitrogen and oxygen atoms in total. The van der Waals surface area contributed by atoms with Gasteiger partial charge in [-0.1, -0.05) is 6.92 Å². The fourth-order valence-corrected chi connectivity index (χ4v) is 3.61. The van der Waals surface area contributed by atoms with E-state index >= 15 is 0 Å². The normalized spacial score (nSPS) is 18.4. The van der Waals surface area contributed by atoms with E-state index in [9.17, 15) is 4.79 Å². The molecule has 1 amide bonds. The molecule has 0 N–H and O–H groups in total. The summed E-state index contributed by atoms with van der Waals surface area (Å²) in [7, 11) is 1.72. The zero-order valence-corrected chi connectivity index (χ0v) is 16.8. The van der Waals surface area contributed by atoms with E-state index in [0.717, 1.165) is 42.9 Å². The van der Waals surface area contributed by atoms with Gasteiger partial charge < -0.3 is 14.1 Å². The van der Waals surface area contributed by atoms with Gasteiger partial charge in [-0.05, 0) is 34.5 Å². The number of nitrogens with zero attached hydrogens (tertiary/aromatic N) is 4. The first-order valence-corrected chi connectivity index (χ1v) is 9.69. The third-order valence-electron chi connectivity index (χ3n) is 4.74. The van der Waals surface area contributed by atoms with Crippen molar-refractivity contribution in [2.24, 2.45) is 0 Å². The molecular weight excluding hydrogens is 400 g/mol. The van der Waals surface area contributed by atoms with Gasteiger partial charge in [-0.3, -0.25) is 14.4 Å². The predicted molar refractivity (Wildman–Crippen MR) is 101 cm³/mol. The van der Waals surface area contributed by atoms with Crippen LogP contribution < -0.4 is 0 Å². The monoisotopic (exact) mass is 424 g/mol. The van der Waals surface area contributed by atoms with Crippen LogP contribution in [0.3, 0.4) is 0 Å². The number of methoxy groups -OCH3 is 1. The molecular formula is C18H25BrN4O3. The average molecular weight is 425 g/mol. The number of rotatable bonds is 7. The minimum atomic E-state index is -0.0391. The molecule has 26 heavy (non-hydrogen) atoms. The van der Waals surface area contributed by atoms with Crippen molar-refractivity contribution in [3.63, 3.8) is 0 Å². The predicted octanol–water partition coefficient (Wildman–Crippen LogP) is 2.47. The number of ether oxygens (including phenoxy) is 1. The second-order valence-corrected chi connectivity index (χ2v) is 7.38. The van der Waals surface area contributed by atoms with Gasteiger partial charge in [0.25, 0.3) is 5.91 Å². The lowest BCUT2D eigenvalue weighted by molar-refractivity contribution is 0.0362. The topological polar surface area (TPSA) is 63.7 Å². The highest BCUT2D eigenvalue weighted by Crippen LogP contribution is 2.18. The Bertz CT molecular complexity index is 730. The molecule has 0 saturated carbocycles. The second-order valence-electron chi connectivity index (χ2n) is 6.46. The molecule has 142 valence electrons. The molecule has 8 heteroatoms. The number of aromatic nitrogens is 2. The number of furan rings is 1. The minimum absolute atomic E-state index is 0.0391. The maximum Gasteiger partial charge on any atom is 0.289 e. The molecule has 0 bridgehead atoms. The van der Waals surface area contributed by atoms with E-state index in [1.165, 1.54) is 0 Å². The number of carbonyl (C=O) groups is 1. The highest BCUT2D eigenvalue weighted by molar-refractivity contribution is 9.10. The molecule has 1 saturated heterocycles. The zero-order valence-electron chi connectivity index (χ0n) is 15.2. The molecule has 0 aromatic carbocycles. The summed E-state index contributed by atoms with van der Waals surface area (Å²) >= 11 is 3.37. The van der Waals surface area contributed by atoms with Crippen LogP contribution in [0.25, 0.3) is 0 Å². The van der Waals surface area contributed by atoms with Crippen LogP contribution in [0, 0.1) is 0 Å². The van der Waals surface area contributed by atoms with Crippen molar-refractivity contribution >= 4 is 21.8 Å². The van der Waals surface area contributed by atoms with Gasteiger partial charge in [-0.15, -0.1) is 0 Å². The van der Waals surface area contributed by atoms with Crippen LogP contribution in [-0.4, -0.2) is 71.4 Å². The molecule has 0 spiro atoms. The SMILES string of the molecule is CCC1CN(C(=O)c2ccc(Cn3cc(Br)cn3)o2)CCN1CCOC. The Hall–Kier alpha value is -1.64. The number of hydrogen-bond acceptors (Lipinski definition) is 5. The van der Waals surface area contributed by atoms with Crippen molar-refractivity contribution in [1.82, 2.24) is 19.6 Å². The lowest BCUT2D eigenvalue weighted by atomic mass is 10.1. The van der Waals surface area contributed by atoms with E-state index in [1.807, 2.05) is 17.2 Å². The van der Waals surface area contributed by atoms with Gasteiger partial charge in [-0.25, -0.2) is 0 Å². The van der Waals surface area contributed by atoms with E-state index in [2.05, 4.69) is 32.9 Å². The maximum atomic E-state index is 12.8. The van der Waals surface area contributed by atoms with Crippen LogP contribution in [0.15, 0.2) is 33.4 Å². The molecule has 0 radical (unpaired) electrons. The average Bonchev–Trinajstić information content (AvgIpc) is 3.28. The molecule has 1 aliphatic heterocycles. The summed E-state index contributed by atoms with van der Waals surface area (Å²) in [5, 5.41) is 4.21. The Morgan fingerprint density at radius 1 is 1.42 bits per heavy atom. The minimum Gasteiger partial charge on any atom is -0.454 e. The van der Waals surface area contributed by atoms with E-state index < -0.39 is 0 Å². The fraction of sp³-hybridized carbons (Fsp3) is 0.556. The first kappa shape index (κ1) is 19.1. The van der Waals surface area contributed by atoms with Crippen LogP contribution >= 0.6 is 15.9 Å². The fourth-order valence-electron chi connectivity index (χ4n) is 3.29. The molecule has 1 unspecified atom stereocenters. The third kappa shape index (κ3) is 4.55. The van der Waals surface area contributed by atoms with Crippen molar-refractivity contribution in [3.8, 4) is 0 Å². The highest BCUT2D eigenvalue weighted by Gasteiger charge is 2.29. The van der Waals surface area contributed by atoms with Crippen LogP contribution in [0.1, 0.15) is 29.7 Å². The molecule has 2 aromatic rings. The van der Waals surface area contributed by atoms with Gasteiger partial charge in [0, 0.05) is 45.5 Å². The van der Waals surface area contributed by atoms with Crippen LogP contribution in [0.4, 0.5) is 0 Å². The summed E-state index contributed by atoms with van der Waals surface area (Å²) in [4.78, 5) is 17.1. The standard InChI is InChI=1S/C18H25BrN4O3/c1-3-15-12-22(7-6-21(15)8-9-25-2)18(24)17-5-4-16(26-17)13-23-11-14(19)10-20-23/h4-5,10-11,15H,3,6-9,12-13H2,1-2H3. The smallest absolute Gasteiger partial charge is 0.289 e. The summed E-state index contributed by atoms with van der Waals surface area (Å²) in [6, 6.07) is 3.96. The summed E-state index contributed by atoms with van der Waals surface area (Å²) in [6.45, 7) is 6.58. The molecule has 2 aromatic heterocycles. The highest BCUT2D eigenvalue weighted by atomic mass is 79.9. The quantitative estimate of drug-likeness (QED) is 0.682. The maximum absolute atomic E-state index is 12.8. The van der Waals surface area contributed by atoms with E-state index in [1.54, 1.807) is 24.1 Å². The Balaban J connectivity index is 1.60. The number of halogens is 1. The number of carbonyl (C=O) groups excluding carboxylic acids is 1. The van der Waals surface area contributed by atoms with E-state index in [4.69, 9.17) is 9.15 Å². The summed E-state index contributed by atoms with van der Waals surface area (Å²) in [5.74, 6) is 1.07. The Morgan fingerprint density at radius 3 is 2.96 bits per heavy atom. The van der Waals surface area contributed by atoms with Gasteiger partial charge in [0.15, 0.2) is 5.76 Å². The largest absolute Gasteiger partial charge is 0.454 e. The first-order chi connectivity index (χ1) is 12.6. The first-order valence-electron chi connectivity index (χ1n) is 8.89. The van der Waals surface area contributed by atoms with E-state index in [-0.39, 0.29) is 5.91 Å². The molecule has 1 fully saturated rings. The zero-order chi connectivity index (χ0) is 18.5. The number of amides is 1. The van der Waals surface area contributed by atoms with Crippen LogP contribution in [0.2, 0.25) is 0 Å². The number of hydrogen-bond donors (Lipinski definition) is 0. The molecule has 3 heterocycles. The molecule has 1 aliphatic rings. The lowest BCUT2D eigenvalue weighted by Crippen LogP contribution is -2.55. The summed E-state index contributed by atoms with van der Waals surface area (Å²) in [6.07, 6.45) is 4.60. The Morgan fingerprint density at radius 2 is 2.27 bits per heavy atom. The Labute approximate surface area is 162 Å². The van der Waals surface area contributed by atoms with Gasteiger partial charge >= 0.3 is 0 Å². The van der Waals surface area contributed by atoms with Crippen LogP contribution in [0.5, 0.6) is 0 Å².